The summed E-state index contributed by atoms with van der Waals surface area (Å²) in [5, 5.41) is 3.76. The summed E-state index contributed by atoms with van der Waals surface area (Å²) < 4.78 is 3.63. The first-order valence-electron chi connectivity index (χ1n) is 10.7. The van der Waals surface area contributed by atoms with Gasteiger partial charge in [-0.15, -0.1) is 0 Å². The van der Waals surface area contributed by atoms with Gasteiger partial charge < -0.3 is 9.88 Å². The SMILES string of the molecule is CSCC[C@H](NC(=O)CCCn1cnc2ccccc2c1=O)c1nc2ccccc2n1C. The number of rotatable bonds is 9. The molecule has 4 aromatic rings. The molecular formula is C24H27N5O2S. The van der Waals surface area contributed by atoms with E-state index >= 15 is 0 Å². The van der Waals surface area contributed by atoms with Crippen LogP contribution in [0.25, 0.3) is 21.9 Å². The van der Waals surface area contributed by atoms with Crippen LogP contribution in [0.15, 0.2) is 59.7 Å². The Morgan fingerprint density at radius 3 is 2.66 bits per heavy atom. The van der Waals surface area contributed by atoms with E-state index in [4.69, 9.17) is 4.98 Å². The van der Waals surface area contributed by atoms with E-state index in [1.54, 1.807) is 28.7 Å². The van der Waals surface area contributed by atoms with E-state index in [0.29, 0.717) is 30.3 Å². The monoisotopic (exact) mass is 449 g/mol. The van der Waals surface area contributed by atoms with Crippen molar-refractivity contribution in [2.24, 2.45) is 7.05 Å². The Kier molecular flexibility index (Phi) is 6.90. The van der Waals surface area contributed by atoms with Crippen molar-refractivity contribution in [1.82, 2.24) is 24.4 Å². The van der Waals surface area contributed by atoms with Crippen molar-refractivity contribution in [2.75, 3.05) is 12.0 Å². The molecule has 0 fully saturated rings. The summed E-state index contributed by atoms with van der Waals surface area (Å²) in [6.07, 6.45) is 5.31. The van der Waals surface area contributed by atoms with Gasteiger partial charge in [0.1, 0.15) is 5.82 Å². The van der Waals surface area contributed by atoms with Crippen molar-refractivity contribution in [2.45, 2.75) is 31.8 Å². The molecule has 2 aromatic carbocycles. The van der Waals surface area contributed by atoms with E-state index in [0.717, 1.165) is 29.0 Å². The highest BCUT2D eigenvalue weighted by atomic mass is 32.2. The first kappa shape index (κ1) is 22.1. The lowest BCUT2D eigenvalue weighted by Crippen LogP contribution is -2.31. The molecule has 0 unspecified atom stereocenters. The minimum Gasteiger partial charge on any atom is -0.346 e. The highest BCUT2D eigenvalue weighted by molar-refractivity contribution is 7.98. The number of nitrogens with one attached hydrogen (secondary N) is 1. The first-order chi connectivity index (χ1) is 15.6. The quantitative estimate of drug-likeness (QED) is 0.422. The molecule has 4 rings (SSSR count). The topological polar surface area (TPSA) is 81.8 Å². The third-order valence-corrected chi connectivity index (χ3v) is 6.26. The summed E-state index contributed by atoms with van der Waals surface area (Å²) in [4.78, 5) is 34.5. The van der Waals surface area contributed by atoms with Crippen molar-refractivity contribution in [1.29, 1.82) is 0 Å². The van der Waals surface area contributed by atoms with E-state index < -0.39 is 0 Å². The van der Waals surface area contributed by atoms with Crippen LogP contribution in [0.5, 0.6) is 0 Å². The highest BCUT2D eigenvalue weighted by Crippen LogP contribution is 2.23. The number of para-hydroxylation sites is 3. The Hall–Kier alpha value is -3.13. The van der Waals surface area contributed by atoms with Crippen LogP contribution in [0.3, 0.4) is 0 Å². The van der Waals surface area contributed by atoms with Gasteiger partial charge in [0, 0.05) is 20.0 Å². The Bertz CT molecular complexity index is 1300. The number of thioether (sulfide) groups is 1. The third kappa shape index (κ3) is 4.70. The second-order valence-corrected chi connectivity index (χ2v) is 8.77. The van der Waals surface area contributed by atoms with Crippen molar-refractivity contribution < 1.29 is 4.79 Å². The number of nitrogens with zero attached hydrogens (tertiary/aromatic N) is 4. The lowest BCUT2D eigenvalue weighted by molar-refractivity contribution is -0.122. The minimum atomic E-state index is -0.155. The van der Waals surface area contributed by atoms with E-state index in [9.17, 15) is 9.59 Å². The van der Waals surface area contributed by atoms with Gasteiger partial charge >= 0.3 is 0 Å². The molecule has 2 aromatic heterocycles. The van der Waals surface area contributed by atoms with Crippen LogP contribution in [0, 0.1) is 0 Å². The van der Waals surface area contributed by atoms with E-state index in [1.165, 1.54) is 0 Å². The molecule has 0 bridgehead atoms. The molecule has 0 aliphatic heterocycles. The summed E-state index contributed by atoms with van der Waals surface area (Å²) in [6, 6.07) is 15.1. The molecule has 1 N–H and O–H groups in total. The maximum atomic E-state index is 12.7. The van der Waals surface area contributed by atoms with Crippen LogP contribution in [0.1, 0.15) is 31.1 Å². The largest absolute Gasteiger partial charge is 0.346 e. The normalized spacial score (nSPS) is 12.3. The number of hydrogen-bond donors (Lipinski definition) is 1. The lowest BCUT2D eigenvalue weighted by Gasteiger charge is -2.18. The lowest BCUT2D eigenvalue weighted by atomic mass is 10.2. The third-order valence-electron chi connectivity index (χ3n) is 5.61. The van der Waals surface area contributed by atoms with Gasteiger partial charge in [0.05, 0.1) is 34.3 Å². The smallest absolute Gasteiger partial charge is 0.261 e. The average Bonchev–Trinajstić information content (AvgIpc) is 3.15. The molecule has 0 aliphatic rings. The fraction of sp³-hybridized carbons (Fsp3) is 0.333. The van der Waals surface area contributed by atoms with Gasteiger partial charge in [0.2, 0.25) is 5.91 Å². The van der Waals surface area contributed by atoms with Gasteiger partial charge in [0.25, 0.3) is 5.56 Å². The van der Waals surface area contributed by atoms with Crippen molar-refractivity contribution in [3.63, 3.8) is 0 Å². The number of hydrogen-bond acceptors (Lipinski definition) is 5. The maximum absolute atomic E-state index is 12.7. The Labute approximate surface area is 190 Å². The molecule has 0 saturated carbocycles. The molecule has 32 heavy (non-hydrogen) atoms. The number of aromatic nitrogens is 4. The number of imidazole rings is 1. The molecule has 7 nitrogen and oxygen atoms in total. The van der Waals surface area contributed by atoms with Crippen LogP contribution in [-0.4, -0.2) is 37.0 Å². The van der Waals surface area contributed by atoms with Crippen molar-refractivity contribution >= 4 is 39.6 Å². The predicted molar refractivity (Wildman–Crippen MR) is 130 cm³/mol. The standard InChI is InChI=1S/C24H27N5O2S/c1-28-21-11-6-5-10-19(21)27-23(28)20(13-15-32-2)26-22(30)12-7-14-29-16-25-18-9-4-3-8-17(18)24(29)31/h3-6,8-11,16,20H,7,12-15H2,1-2H3,(H,26,30)/t20-/m0/s1. The summed E-state index contributed by atoms with van der Waals surface area (Å²) in [7, 11) is 1.99. The maximum Gasteiger partial charge on any atom is 0.261 e. The number of aryl methyl sites for hydroxylation is 2. The number of fused-ring (bicyclic) bond motifs is 2. The summed E-state index contributed by atoms with van der Waals surface area (Å²) in [5.41, 5.74) is 2.59. The average molecular weight is 450 g/mol. The second kappa shape index (κ2) is 9.99. The fourth-order valence-electron chi connectivity index (χ4n) is 3.92. The van der Waals surface area contributed by atoms with Crippen molar-refractivity contribution in [3.05, 3.63) is 71.0 Å². The van der Waals surface area contributed by atoms with Gasteiger partial charge in [0.15, 0.2) is 0 Å². The predicted octanol–water partition coefficient (Wildman–Crippen LogP) is 3.67. The summed E-state index contributed by atoms with van der Waals surface area (Å²) in [6.45, 7) is 0.450. The molecule has 8 heteroatoms. The van der Waals surface area contributed by atoms with Crippen LogP contribution in [0.2, 0.25) is 0 Å². The zero-order chi connectivity index (χ0) is 22.5. The van der Waals surface area contributed by atoms with E-state index in [1.807, 2.05) is 49.5 Å². The second-order valence-electron chi connectivity index (χ2n) is 7.78. The molecular weight excluding hydrogens is 422 g/mol. The number of amides is 1. The first-order valence-corrected chi connectivity index (χ1v) is 12.1. The van der Waals surface area contributed by atoms with Gasteiger partial charge in [-0.05, 0) is 49.1 Å². The van der Waals surface area contributed by atoms with Gasteiger partial charge in [-0.2, -0.15) is 11.8 Å². The van der Waals surface area contributed by atoms with Crippen molar-refractivity contribution in [3.8, 4) is 0 Å². The molecule has 0 spiro atoms. The zero-order valence-corrected chi connectivity index (χ0v) is 19.1. The Balaban J connectivity index is 1.42. The molecule has 166 valence electrons. The molecule has 2 heterocycles. The Morgan fingerprint density at radius 1 is 1.12 bits per heavy atom. The van der Waals surface area contributed by atoms with Crippen LogP contribution >= 0.6 is 11.8 Å². The fourth-order valence-corrected chi connectivity index (χ4v) is 4.39. The zero-order valence-electron chi connectivity index (χ0n) is 18.3. The van der Waals surface area contributed by atoms with Gasteiger partial charge in [-0.1, -0.05) is 24.3 Å². The molecule has 0 aliphatic carbocycles. The summed E-state index contributed by atoms with van der Waals surface area (Å²) in [5.74, 6) is 1.75. The van der Waals surface area contributed by atoms with E-state index in [2.05, 4.69) is 21.1 Å². The molecule has 0 radical (unpaired) electrons. The summed E-state index contributed by atoms with van der Waals surface area (Å²) >= 11 is 1.75. The van der Waals surface area contributed by atoms with Crippen LogP contribution < -0.4 is 10.9 Å². The minimum absolute atomic E-state index is 0.0371. The highest BCUT2D eigenvalue weighted by Gasteiger charge is 2.20. The van der Waals surface area contributed by atoms with Crippen LogP contribution in [0.4, 0.5) is 0 Å². The molecule has 1 atom stereocenters. The Morgan fingerprint density at radius 2 is 1.88 bits per heavy atom. The molecule has 0 saturated heterocycles. The number of benzene rings is 2. The number of carbonyl (C=O) groups is 1. The van der Waals surface area contributed by atoms with Crippen LogP contribution in [-0.2, 0) is 18.4 Å². The van der Waals surface area contributed by atoms with Gasteiger partial charge in [-0.3, -0.25) is 14.2 Å². The molecule has 1 amide bonds. The number of carbonyl (C=O) groups excluding carboxylic acids is 1. The van der Waals surface area contributed by atoms with Gasteiger partial charge in [-0.25, -0.2) is 9.97 Å². The van der Waals surface area contributed by atoms with E-state index in [-0.39, 0.29) is 17.5 Å².